The Morgan fingerprint density at radius 2 is 1.58 bits per heavy atom. The third-order valence-electron chi connectivity index (χ3n) is 4.51. The van der Waals surface area contributed by atoms with E-state index in [1.807, 2.05) is 0 Å². The van der Waals surface area contributed by atoms with Crippen LogP contribution in [0.2, 0.25) is 0 Å². The fraction of sp³-hybridized carbons (Fsp3) is 0.0909. The zero-order chi connectivity index (χ0) is 22.6. The lowest BCUT2D eigenvalue weighted by molar-refractivity contribution is 0.0600. The molecule has 0 saturated heterocycles. The molecule has 0 unspecified atom stereocenters. The summed E-state index contributed by atoms with van der Waals surface area (Å²) in [5, 5.41) is 2.65. The van der Waals surface area contributed by atoms with Crippen LogP contribution in [-0.2, 0) is 14.8 Å². The molecule has 1 amide bonds. The lowest BCUT2D eigenvalue weighted by Gasteiger charge is -2.19. The monoisotopic (exact) mass is 442 g/mol. The van der Waals surface area contributed by atoms with Gasteiger partial charge in [-0.2, -0.15) is 0 Å². The number of ether oxygens (including phenoxy) is 1. The molecule has 3 rings (SSSR count). The molecule has 31 heavy (non-hydrogen) atoms. The number of amides is 1. The predicted molar refractivity (Wildman–Crippen MR) is 114 cm³/mol. The maximum absolute atomic E-state index is 13.1. The molecule has 1 N–H and O–H groups in total. The van der Waals surface area contributed by atoms with Crippen molar-refractivity contribution in [3.63, 3.8) is 0 Å². The number of nitrogens with zero attached hydrogens (tertiary/aromatic N) is 1. The molecule has 0 radical (unpaired) electrons. The SMILES string of the molecule is COC(=O)c1ccc(NC(=O)c2cccc(S(=O)(=O)N(C)c3ccc(F)cc3)c2)cc1. The van der Waals surface area contributed by atoms with Crippen LogP contribution in [0, 0.1) is 5.82 Å². The summed E-state index contributed by atoms with van der Waals surface area (Å²) in [5.74, 6) is -1.50. The molecule has 0 aliphatic heterocycles. The van der Waals surface area contributed by atoms with Gasteiger partial charge in [0.25, 0.3) is 15.9 Å². The van der Waals surface area contributed by atoms with E-state index in [2.05, 4.69) is 10.1 Å². The second-order valence-electron chi connectivity index (χ2n) is 6.50. The first-order valence-electron chi connectivity index (χ1n) is 9.06. The van der Waals surface area contributed by atoms with Crippen molar-refractivity contribution >= 4 is 33.3 Å². The second-order valence-corrected chi connectivity index (χ2v) is 8.47. The molecule has 160 valence electrons. The number of methoxy groups -OCH3 is 1. The van der Waals surface area contributed by atoms with Crippen molar-refractivity contribution < 1.29 is 27.1 Å². The molecular formula is C22H19FN2O5S. The number of carbonyl (C=O) groups is 2. The van der Waals surface area contributed by atoms with Gasteiger partial charge < -0.3 is 10.1 Å². The number of rotatable bonds is 6. The van der Waals surface area contributed by atoms with Crippen molar-refractivity contribution in [3.05, 3.63) is 89.7 Å². The fourth-order valence-corrected chi connectivity index (χ4v) is 4.00. The maximum atomic E-state index is 13.1. The van der Waals surface area contributed by atoms with Crippen molar-refractivity contribution in [2.75, 3.05) is 23.8 Å². The molecule has 0 bridgehead atoms. The minimum absolute atomic E-state index is 0.0898. The van der Waals surface area contributed by atoms with E-state index in [-0.39, 0.29) is 16.1 Å². The van der Waals surface area contributed by atoms with Gasteiger partial charge in [-0.05, 0) is 66.7 Å². The van der Waals surface area contributed by atoms with Gasteiger partial charge in [-0.15, -0.1) is 0 Å². The summed E-state index contributed by atoms with van der Waals surface area (Å²) in [6, 6.07) is 16.7. The molecule has 0 aliphatic carbocycles. The Hall–Kier alpha value is -3.72. The topological polar surface area (TPSA) is 92.8 Å². The highest BCUT2D eigenvalue weighted by Gasteiger charge is 2.22. The number of anilines is 2. The highest BCUT2D eigenvalue weighted by Crippen LogP contribution is 2.23. The van der Waals surface area contributed by atoms with E-state index in [1.54, 1.807) is 0 Å². The van der Waals surface area contributed by atoms with Gasteiger partial charge in [0.05, 0.1) is 23.3 Å². The Kier molecular flexibility index (Phi) is 6.36. The van der Waals surface area contributed by atoms with Crippen molar-refractivity contribution in [3.8, 4) is 0 Å². The summed E-state index contributed by atoms with van der Waals surface area (Å²) in [4.78, 5) is 24.0. The number of carbonyl (C=O) groups excluding carboxylic acids is 2. The third-order valence-corrected chi connectivity index (χ3v) is 6.29. The van der Waals surface area contributed by atoms with Gasteiger partial charge in [0.2, 0.25) is 0 Å². The largest absolute Gasteiger partial charge is 0.465 e. The van der Waals surface area contributed by atoms with Crippen LogP contribution in [0.15, 0.2) is 77.7 Å². The Balaban J connectivity index is 1.81. The summed E-state index contributed by atoms with van der Waals surface area (Å²) < 4.78 is 44.6. The van der Waals surface area contributed by atoms with Crippen LogP contribution in [0.1, 0.15) is 20.7 Å². The van der Waals surface area contributed by atoms with E-state index in [1.165, 1.54) is 74.8 Å². The second kappa shape index (κ2) is 8.97. The maximum Gasteiger partial charge on any atom is 0.337 e. The number of esters is 1. The summed E-state index contributed by atoms with van der Waals surface area (Å²) in [7, 11) is -1.36. The van der Waals surface area contributed by atoms with Gasteiger partial charge in [0, 0.05) is 18.3 Å². The van der Waals surface area contributed by atoms with Crippen molar-refractivity contribution in [2.24, 2.45) is 0 Å². The lowest BCUT2D eigenvalue weighted by atomic mass is 10.2. The third kappa shape index (κ3) is 4.89. The number of sulfonamides is 1. The number of hydrogen-bond acceptors (Lipinski definition) is 5. The zero-order valence-electron chi connectivity index (χ0n) is 16.7. The average molecular weight is 442 g/mol. The molecule has 0 aliphatic rings. The highest BCUT2D eigenvalue weighted by molar-refractivity contribution is 7.92. The molecule has 7 nitrogen and oxygen atoms in total. The number of hydrogen-bond donors (Lipinski definition) is 1. The first-order valence-corrected chi connectivity index (χ1v) is 10.5. The molecule has 0 heterocycles. The molecule has 0 fully saturated rings. The van der Waals surface area contributed by atoms with Gasteiger partial charge in [-0.1, -0.05) is 6.07 Å². The first-order chi connectivity index (χ1) is 14.7. The van der Waals surface area contributed by atoms with Crippen LogP contribution >= 0.6 is 0 Å². The van der Waals surface area contributed by atoms with Gasteiger partial charge in [-0.3, -0.25) is 9.10 Å². The molecule has 0 aromatic heterocycles. The van der Waals surface area contributed by atoms with E-state index in [0.29, 0.717) is 11.3 Å². The molecule has 0 saturated carbocycles. The summed E-state index contributed by atoms with van der Waals surface area (Å²) in [6.45, 7) is 0. The Morgan fingerprint density at radius 3 is 2.19 bits per heavy atom. The highest BCUT2D eigenvalue weighted by atomic mass is 32.2. The van der Waals surface area contributed by atoms with E-state index in [0.717, 1.165) is 16.4 Å². The molecule has 9 heteroatoms. The smallest absolute Gasteiger partial charge is 0.337 e. The number of nitrogens with one attached hydrogen (secondary N) is 1. The van der Waals surface area contributed by atoms with Crippen molar-refractivity contribution in [1.29, 1.82) is 0 Å². The Bertz CT molecular complexity index is 1210. The van der Waals surface area contributed by atoms with Crippen LogP contribution < -0.4 is 9.62 Å². The van der Waals surface area contributed by atoms with Crippen molar-refractivity contribution in [1.82, 2.24) is 0 Å². The molecule has 3 aromatic rings. The Morgan fingerprint density at radius 1 is 0.935 bits per heavy atom. The van der Waals surface area contributed by atoms with Crippen LogP contribution in [0.4, 0.5) is 15.8 Å². The summed E-state index contributed by atoms with van der Waals surface area (Å²) in [5.41, 5.74) is 1.17. The quantitative estimate of drug-likeness (QED) is 0.588. The molecule has 0 atom stereocenters. The van der Waals surface area contributed by atoms with Gasteiger partial charge in [-0.25, -0.2) is 17.6 Å². The average Bonchev–Trinajstić information content (AvgIpc) is 2.79. The van der Waals surface area contributed by atoms with E-state index >= 15 is 0 Å². The minimum Gasteiger partial charge on any atom is -0.465 e. The molecule has 3 aromatic carbocycles. The lowest BCUT2D eigenvalue weighted by Crippen LogP contribution is -2.26. The normalized spacial score (nSPS) is 10.9. The fourth-order valence-electron chi connectivity index (χ4n) is 2.76. The van der Waals surface area contributed by atoms with E-state index < -0.39 is 27.7 Å². The number of halogens is 1. The summed E-state index contributed by atoms with van der Waals surface area (Å²) >= 11 is 0. The molecular weight excluding hydrogens is 423 g/mol. The van der Waals surface area contributed by atoms with Gasteiger partial charge in [0.1, 0.15) is 5.82 Å². The van der Waals surface area contributed by atoms with E-state index in [9.17, 15) is 22.4 Å². The predicted octanol–water partition coefficient (Wildman–Crippen LogP) is 3.69. The van der Waals surface area contributed by atoms with Gasteiger partial charge in [0.15, 0.2) is 0 Å². The summed E-state index contributed by atoms with van der Waals surface area (Å²) in [6.07, 6.45) is 0. The van der Waals surface area contributed by atoms with E-state index in [4.69, 9.17) is 0 Å². The standard InChI is InChI=1S/C22H19FN2O5S/c1-25(19-12-8-17(23)9-13-19)31(28,29)20-5-3-4-16(14-20)21(26)24-18-10-6-15(7-11-18)22(27)30-2/h3-14H,1-2H3,(H,24,26). The Labute approximate surface area is 179 Å². The number of benzene rings is 3. The molecule has 0 spiro atoms. The van der Waals surface area contributed by atoms with Crippen LogP contribution in [0.5, 0.6) is 0 Å². The first kappa shape index (κ1) is 22.0. The minimum atomic E-state index is -3.97. The van der Waals surface area contributed by atoms with Crippen molar-refractivity contribution in [2.45, 2.75) is 4.90 Å². The van der Waals surface area contributed by atoms with Crippen LogP contribution in [0.3, 0.4) is 0 Å². The van der Waals surface area contributed by atoms with Gasteiger partial charge >= 0.3 is 5.97 Å². The van der Waals surface area contributed by atoms with Crippen LogP contribution in [-0.4, -0.2) is 34.5 Å². The van der Waals surface area contributed by atoms with Crippen LogP contribution in [0.25, 0.3) is 0 Å². The zero-order valence-corrected chi connectivity index (χ0v) is 17.5.